The van der Waals surface area contributed by atoms with Gasteiger partial charge in [0, 0.05) is 12.1 Å². The van der Waals surface area contributed by atoms with E-state index in [2.05, 4.69) is 31.1 Å². The second-order valence-electron chi connectivity index (χ2n) is 7.00. The first-order valence-electron chi connectivity index (χ1n) is 8.45. The van der Waals surface area contributed by atoms with Gasteiger partial charge in [-0.15, -0.1) is 0 Å². The van der Waals surface area contributed by atoms with Crippen LogP contribution in [-0.4, -0.2) is 49.2 Å². The summed E-state index contributed by atoms with van der Waals surface area (Å²) in [7, 11) is 3.71. The number of carbonyl (C=O) groups is 1. The second kappa shape index (κ2) is 8.74. The van der Waals surface area contributed by atoms with Crippen LogP contribution >= 0.6 is 0 Å². The molecule has 4 nitrogen and oxygen atoms in total. The van der Waals surface area contributed by atoms with Crippen LogP contribution in [0.3, 0.4) is 0 Å². The standard InChI is InChI=1S/C17H34N2O2/c1-14(2)18-17(3,16(20)21-5)12-8-9-13-19(4)15-10-6-7-11-15/h14-15,18H,6-13H2,1-5H3. The zero-order chi connectivity index (χ0) is 15.9. The summed E-state index contributed by atoms with van der Waals surface area (Å²) in [5, 5.41) is 3.36. The number of esters is 1. The lowest BCUT2D eigenvalue weighted by atomic mass is 9.93. The Kier molecular flexibility index (Phi) is 7.67. The molecule has 0 amide bonds. The van der Waals surface area contributed by atoms with Gasteiger partial charge in [0.05, 0.1) is 7.11 Å². The van der Waals surface area contributed by atoms with E-state index in [1.807, 2.05) is 6.92 Å². The van der Waals surface area contributed by atoms with Crippen LogP contribution in [-0.2, 0) is 9.53 Å². The normalized spacial score (nSPS) is 19.2. The number of hydrogen-bond acceptors (Lipinski definition) is 4. The third kappa shape index (κ3) is 5.95. The molecule has 0 aromatic carbocycles. The summed E-state index contributed by atoms with van der Waals surface area (Å²) in [6, 6.07) is 1.06. The van der Waals surface area contributed by atoms with E-state index in [4.69, 9.17) is 4.74 Å². The van der Waals surface area contributed by atoms with Crippen molar-refractivity contribution in [3.05, 3.63) is 0 Å². The minimum atomic E-state index is -0.561. The Balaban J connectivity index is 2.34. The van der Waals surface area contributed by atoms with E-state index in [-0.39, 0.29) is 12.0 Å². The minimum absolute atomic E-state index is 0.152. The van der Waals surface area contributed by atoms with E-state index in [9.17, 15) is 4.79 Å². The number of carbonyl (C=O) groups excluding carboxylic acids is 1. The van der Waals surface area contributed by atoms with Crippen LogP contribution in [0.2, 0.25) is 0 Å². The van der Waals surface area contributed by atoms with Gasteiger partial charge in [-0.2, -0.15) is 0 Å². The fourth-order valence-corrected chi connectivity index (χ4v) is 3.46. The quantitative estimate of drug-likeness (QED) is 0.525. The van der Waals surface area contributed by atoms with Crippen molar-refractivity contribution in [3.8, 4) is 0 Å². The first-order chi connectivity index (χ1) is 9.89. The average molecular weight is 298 g/mol. The van der Waals surface area contributed by atoms with Crippen LogP contribution in [0.5, 0.6) is 0 Å². The van der Waals surface area contributed by atoms with E-state index in [1.54, 1.807) is 0 Å². The van der Waals surface area contributed by atoms with Gasteiger partial charge in [-0.25, -0.2) is 0 Å². The molecular formula is C17H34N2O2. The van der Waals surface area contributed by atoms with Gasteiger partial charge in [-0.05, 0) is 66.5 Å². The first-order valence-corrected chi connectivity index (χ1v) is 8.45. The number of nitrogens with one attached hydrogen (secondary N) is 1. The van der Waals surface area contributed by atoms with E-state index in [0.29, 0.717) is 0 Å². The maximum atomic E-state index is 12.0. The average Bonchev–Trinajstić information content (AvgIpc) is 2.95. The highest BCUT2D eigenvalue weighted by Gasteiger charge is 2.34. The first kappa shape index (κ1) is 18.4. The molecule has 1 aliphatic carbocycles. The summed E-state index contributed by atoms with van der Waals surface area (Å²) in [5.74, 6) is -0.152. The Labute approximate surface area is 130 Å². The minimum Gasteiger partial charge on any atom is -0.468 e. The molecule has 0 aromatic rings. The molecule has 0 spiro atoms. The van der Waals surface area contributed by atoms with Crippen molar-refractivity contribution < 1.29 is 9.53 Å². The largest absolute Gasteiger partial charge is 0.468 e. The van der Waals surface area contributed by atoms with E-state index in [1.165, 1.54) is 32.8 Å². The van der Waals surface area contributed by atoms with Crippen LogP contribution in [0.1, 0.15) is 65.7 Å². The molecule has 0 saturated heterocycles. The monoisotopic (exact) mass is 298 g/mol. The van der Waals surface area contributed by atoms with Gasteiger partial charge in [-0.1, -0.05) is 12.8 Å². The van der Waals surface area contributed by atoms with Gasteiger partial charge in [0.25, 0.3) is 0 Å². The second-order valence-corrected chi connectivity index (χ2v) is 7.00. The lowest BCUT2D eigenvalue weighted by Gasteiger charge is -2.31. The Hall–Kier alpha value is -0.610. The lowest BCUT2D eigenvalue weighted by molar-refractivity contribution is -0.148. The highest BCUT2D eigenvalue weighted by molar-refractivity contribution is 5.80. The summed E-state index contributed by atoms with van der Waals surface area (Å²) < 4.78 is 4.96. The number of methoxy groups -OCH3 is 1. The van der Waals surface area contributed by atoms with Crippen molar-refractivity contribution in [3.63, 3.8) is 0 Å². The number of nitrogens with zero attached hydrogens (tertiary/aromatic N) is 1. The van der Waals surface area contributed by atoms with Crippen molar-refractivity contribution in [1.29, 1.82) is 0 Å². The molecule has 0 aliphatic heterocycles. The Morgan fingerprint density at radius 1 is 1.33 bits per heavy atom. The van der Waals surface area contributed by atoms with Crippen LogP contribution in [0, 0.1) is 0 Å². The van der Waals surface area contributed by atoms with Gasteiger partial charge < -0.3 is 9.64 Å². The topological polar surface area (TPSA) is 41.6 Å². The van der Waals surface area contributed by atoms with Gasteiger partial charge in [0.1, 0.15) is 5.54 Å². The molecule has 0 aromatic heterocycles. The molecule has 1 fully saturated rings. The molecule has 1 rings (SSSR count). The van der Waals surface area contributed by atoms with Gasteiger partial charge in [-0.3, -0.25) is 10.1 Å². The van der Waals surface area contributed by atoms with Crippen LogP contribution < -0.4 is 5.32 Å². The van der Waals surface area contributed by atoms with E-state index in [0.717, 1.165) is 31.8 Å². The molecule has 1 aliphatic rings. The zero-order valence-corrected chi connectivity index (χ0v) is 14.6. The summed E-state index contributed by atoms with van der Waals surface area (Å²) in [4.78, 5) is 14.5. The Morgan fingerprint density at radius 3 is 2.48 bits per heavy atom. The molecule has 0 heterocycles. The molecule has 1 saturated carbocycles. The number of hydrogen-bond donors (Lipinski definition) is 1. The third-order valence-corrected chi connectivity index (χ3v) is 4.63. The molecule has 0 bridgehead atoms. The van der Waals surface area contributed by atoms with Crippen molar-refractivity contribution >= 4 is 5.97 Å². The summed E-state index contributed by atoms with van der Waals surface area (Å²) in [5.41, 5.74) is -0.561. The highest BCUT2D eigenvalue weighted by Crippen LogP contribution is 2.23. The number of rotatable bonds is 9. The highest BCUT2D eigenvalue weighted by atomic mass is 16.5. The molecule has 0 radical (unpaired) electrons. The third-order valence-electron chi connectivity index (χ3n) is 4.63. The predicted molar refractivity (Wildman–Crippen MR) is 87.4 cm³/mol. The predicted octanol–water partition coefficient (Wildman–Crippen LogP) is 2.96. The zero-order valence-electron chi connectivity index (χ0n) is 14.6. The lowest BCUT2D eigenvalue weighted by Crippen LogP contribution is -2.53. The fourth-order valence-electron chi connectivity index (χ4n) is 3.46. The summed E-state index contributed by atoms with van der Waals surface area (Å²) >= 11 is 0. The molecule has 124 valence electrons. The Bertz CT molecular complexity index is 314. The summed E-state index contributed by atoms with van der Waals surface area (Å²) in [6.45, 7) is 7.22. The smallest absolute Gasteiger partial charge is 0.325 e. The Morgan fingerprint density at radius 2 is 1.95 bits per heavy atom. The van der Waals surface area contributed by atoms with Crippen molar-refractivity contribution in [1.82, 2.24) is 10.2 Å². The summed E-state index contributed by atoms with van der Waals surface area (Å²) in [6.07, 6.45) is 8.48. The van der Waals surface area contributed by atoms with Gasteiger partial charge in [0.15, 0.2) is 0 Å². The maximum absolute atomic E-state index is 12.0. The van der Waals surface area contributed by atoms with Crippen LogP contribution in [0.25, 0.3) is 0 Å². The number of unbranched alkanes of at least 4 members (excludes halogenated alkanes) is 1. The van der Waals surface area contributed by atoms with Crippen LogP contribution in [0.4, 0.5) is 0 Å². The number of ether oxygens (including phenoxy) is 1. The molecular weight excluding hydrogens is 264 g/mol. The van der Waals surface area contributed by atoms with Gasteiger partial charge >= 0.3 is 5.97 Å². The molecule has 1 atom stereocenters. The van der Waals surface area contributed by atoms with Gasteiger partial charge in [0.2, 0.25) is 0 Å². The van der Waals surface area contributed by atoms with Crippen molar-refractivity contribution in [2.75, 3.05) is 20.7 Å². The fraction of sp³-hybridized carbons (Fsp3) is 0.941. The SMILES string of the molecule is COC(=O)C(C)(CCCCN(C)C1CCCC1)NC(C)C. The van der Waals surface area contributed by atoms with E-state index < -0.39 is 5.54 Å². The molecule has 1 N–H and O–H groups in total. The maximum Gasteiger partial charge on any atom is 0.325 e. The molecule has 4 heteroatoms. The molecule has 21 heavy (non-hydrogen) atoms. The van der Waals surface area contributed by atoms with Crippen LogP contribution in [0.15, 0.2) is 0 Å². The van der Waals surface area contributed by atoms with E-state index >= 15 is 0 Å². The molecule has 1 unspecified atom stereocenters. The van der Waals surface area contributed by atoms with Crippen molar-refractivity contribution in [2.45, 2.75) is 83.3 Å². The van der Waals surface area contributed by atoms with Crippen molar-refractivity contribution in [2.24, 2.45) is 0 Å².